The van der Waals surface area contributed by atoms with Gasteiger partial charge in [0.1, 0.15) is 6.54 Å². The van der Waals surface area contributed by atoms with Crippen LogP contribution in [0.1, 0.15) is 41.4 Å². The first-order valence-electron chi connectivity index (χ1n) is 10.2. The smallest absolute Gasteiger partial charge is 0.411 e. The van der Waals surface area contributed by atoms with E-state index in [1.165, 1.54) is 11.6 Å². The normalized spacial score (nSPS) is 10.7. The molecule has 1 amide bonds. The number of hydrogen-bond acceptors (Lipinski definition) is 4. The van der Waals surface area contributed by atoms with Crippen LogP contribution in [0.3, 0.4) is 0 Å². The molecule has 2 aromatic carbocycles. The summed E-state index contributed by atoms with van der Waals surface area (Å²) in [6, 6.07) is 14.8. The van der Waals surface area contributed by atoms with Crippen molar-refractivity contribution >= 4 is 17.6 Å². The average molecular weight is 423 g/mol. The molecule has 3 rings (SSSR count). The molecule has 2 N–H and O–H groups in total. The highest BCUT2D eigenvalue weighted by Gasteiger charge is 2.29. The van der Waals surface area contributed by atoms with Gasteiger partial charge in [-0.15, -0.1) is 4.68 Å². The molecule has 0 unspecified atom stereocenters. The molecular formula is C23H27N4O4+. The summed E-state index contributed by atoms with van der Waals surface area (Å²) in [7, 11) is 0. The Bertz CT molecular complexity index is 1110. The lowest BCUT2D eigenvalue weighted by Gasteiger charge is -2.04. The number of hydrogen-bond donors (Lipinski definition) is 2. The highest BCUT2D eigenvalue weighted by Crippen LogP contribution is 2.10. The zero-order valence-corrected chi connectivity index (χ0v) is 18.0. The molecule has 8 heteroatoms. The van der Waals surface area contributed by atoms with Gasteiger partial charge in [0.15, 0.2) is 5.69 Å². The lowest BCUT2D eigenvalue weighted by molar-refractivity contribution is -0.756. The molecular weight excluding hydrogens is 396 g/mol. The van der Waals surface area contributed by atoms with Gasteiger partial charge in [-0.1, -0.05) is 45.3 Å². The highest BCUT2D eigenvalue weighted by atomic mass is 16.5. The molecule has 0 fully saturated rings. The lowest BCUT2D eigenvalue weighted by atomic mass is 10.2. The number of rotatable bonds is 8. The third-order valence-corrected chi connectivity index (χ3v) is 4.79. The molecule has 0 bridgehead atoms. The summed E-state index contributed by atoms with van der Waals surface area (Å²) in [5.74, 6) is -0.819. The fourth-order valence-corrected chi connectivity index (χ4v) is 3.10. The van der Waals surface area contributed by atoms with Crippen molar-refractivity contribution in [3.05, 3.63) is 75.7 Å². The van der Waals surface area contributed by atoms with Crippen LogP contribution in [-0.4, -0.2) is 28.4 Å². The molecule has 0 saturated heterocycles. The first kappa shape index (κ1) is 22.0. The topological polar surface area (TPSA) is 97.1 Å². The van der Waals surface area contributed by atoms with Crippen LogP contribution in [0.5, 0.6) is 0 Å². The molecule has 1 aromatic heterocycles. The molecule has 1 heterocycles. The Balaban J connectivity index is 1.87. The van der Waals surface area contributed by atoms with E-state index < -0.39 is 11.5 Å². The number of carbonyl (C=O) groups excluding carboxylic acids is 2. The Morgan fingerprint density at radius 2 is 1.61 bits per heavy atom. The molecule has 0 spiro atoms. The van der Waals surface area contributed by atoms with E-state index >= 15 is 0 Å². The Hall–Kier alpha value is -3.68. The highest BCUT2D eigenvalue weighted by molar-refractivity contribution is 6.01. The average Bonchev–Trinajstić information content (AvgIpc) is 3.06. The number of H-pyrrole nitrogens is 1. The van der Waals surface area contributed by atoms with Crippen LogP contribution in [0.25, 0.3) is 5.69 Å². The predicted molar refractivity (Wildman–Crippen MR) is 116 cm³/mol. The van der Waals surface area contributed by atoms with Gasteiger partial charge >= 0.3 is 23.1 Å². The van der Waals surface area contributed by atoms with Gasteiger partial charge in [-0.05, 0) is 51.0 Å². The SMILES string of the molecule is CC(=O)OCCCC[n+]1[nH]n(-c2ccc(C)cc2)c(=O)c1C(=O)Nc1ccc(C)cc1. The van der Waals surface area contributed by atoms with Crippen molar-refractivity contribution in [1.82, 2.24) is 9.90 Å². The quantitative estimate of drug-likeness (QED) is 0.331. The third-order valence-electron chi connectivity index (χ3n) is 4.79. The monoisotopic (exact) mass is 423 g/mol. The van der Waals surface area contributed by atoms with Gasteiger partial charge in [-0.2, -0.15) is 0 Å². The van der Waals surface area contributed by atoms with Gasteiger partial charge in [0.2, 0.25) is 0 Å². The van der Waals surface area contributed by atoms with Crippen molar-refractivity contribution < 1.29 is 19.0 Å². The number of anilines is 1. The van der Waals surface area contributed by atoms with Crippen LogP contribution in [-0.2, 0) is 16.1 Å². The minimum absolute atomic E-state index is 0.00800. The summed E-state index contributed by atoms with van der Waals surface area (Å²) in [5, 5.41) is 5.81. The largest absolute Gasteiger partial charge is 0.466 e. The van der Waals surface area contributed by atoms with Crippen LogP contribution in [0.4, 0.5) is 5.69 Å². The van der Waals surface area contributed by atoms with E-state index in [-0.39, 0.29) is 11.7 Å². The number of aromatic nitrogens is 3. The number of amides is 1. The fraction of sp³-hybridized carbons (Fsp3) is 0.304. The van der Waals surface area contributed by atoms with E-state index in [4.69, 9.17) is 4.74 Å². The van der Waals surface area contributed by atoms with Crippen molar-refractivity contribution in [3.8, 4) is 5.69 Å². The van der Waals surface area contributed by atoms with Crippen LogP contribution in [0.2, 0.25) is 0 Å². The van der Waals surface area contributed by atoms with Crippen molar-refractivity contribution in [1.29, 1.82) is 0 Å². The van der Waals surface area contributed by atoms with E-state index in [2.05, 4.69) is 10.5 Å². The first-order valence-corrected chi connectivity index (χ1v) is 10.2. The van der Waals surface area contributed by atoms with E-state index in [9.17, 15) is 14.4 Å². The summed E-state index contributed by atoms with van der Waals surface area (Å²) < 4.78 is 7.85. The molecule has 162 valence electrons. The summed E-state index contributed by atoms with van der Waals surface area (Å²) in [6.45, 7) is 5.98. The summed E-state index contributed by atoms with van der Waals surface area (Å²) in [5.41, 5.74) is 2.96. The van der Waals surface area contributed by atoms with Gasteiger partial charge in [0.05, 0.1) is 6.61 Å². The van der Waals surface area contributed by atoms with Gasteiger partial charge in [0.25, 0.3) is 0 Å². The summed E-state index contributed by atoms with van der Waals surface area (Å²) >= 11 is 0. The van der Waals surface area contributed by atoms with E-state index in [1.807, 2.05) is 50.2 Å². The Kier molecular flexibility index (Phi) is 7.02. The lowest BCUT2D eigenvalue weighted by Crippen LogP contribution is -2.45. The van der Waals surface area contributed by atoms with Crippen molar-refractivity contribution in [2.75, 3.05) is 11.9 Å². The number of nitrogens with zero attached hydrogens (tertiary/aromatic N) is 2. The van der Waals surface area contributed by atoms with Crippen molar-refractivity contribution in [2.24, 2.45) is 0 Å². The molecule has 0 aliphatic heterocycles. The minimum Gasteiger partial charge on any atom is -0.466 e. The maximum atomic E-state index is 13.1. The predicted octanol–water partition coefficient (Wildman–Crippen LogP) is 2.67. The van der Waals surface area contributed by atoms with Gasteiger partial charge in [-0.25, -0.2) is 4.79 Å². The second-order valence-electron chi connectivity index (χ2n) is 7.44. The fourth-order valence-electron chi connectivity index (χ4n) is 3.10. The number of esters is 1. The van der Waals surface area contributed by atoms with Gasteiger partial charge in [-0.3, -0.25) is 9.59 Å². The number of aryl methyl sites for hydroxylation is 3. The number of unbranched alkanes of at least 4 members (excludes halogenated alkanes) is 1. The molecule has 0 aliphatic carbocycles. The molecule has 0 saturated carbocycles. The van der Waals surface area contributed by atoms with Crippen LogP contribution in [0.15, 0.2) is 53.3 Å². The Morgan fingerprint density at radius 1 is 1.00 bits per heavy atom. The summed E-state index contributed by atoms with van der Waals surface area (Å²) in [6.07, 6.45) is 1.24. The maximum absolute atomic E-state index is 13.1. The van der Waals surface area contributed by atoms with Gasteiger partial charge < -0.3 is 10.1 Å². The second kappa shape index (κ2) is 9.88. The first-order chi connectivity index (χ1) is 14.8. The number of aromatic amines is 1. The van der Waals surface area contributed by atoms with Gasteiger partial charge in [0, 0.05) is 12.6 Å². The van der Waals surface area contributed by atoms with Crippen LogP contribution < -0.4 is 15.6 Å². The number of carbonyl (C=O) groups is 2. The minimum atomic E-state index is -0.490. The zero-order chi connectivity index (χ0) is 22.4. The van der Waals surface area contributed by atoms with Crippen LogP contribution in [0, 0.1) is 13.8 Å². The van der Waals surface area contributed by atoms with Crippen molar-refractivity contribution in [3.63, 3.8) is 0 Å². The van der Waals surface area contributed by atoms with E-state index in [0.717, 1.165) is 11.1 Å². The molecule has 0 atom stereocenters. The number of nitrogens with one attached hydrogen (secondary N) is 2. The third kappa shape index (κ3) is 5.69. The van der Waals surface area contributed by atoms with Crippen molar-refractivity contribution in [2.45, 2.75) is 40.2 Å². The molecule has 0 aliphatic rings. The Morgan fingerprint density at radius 3 is 2.23 bits per heavy atom. The van der Waals surface area contributed by atoms with E-state index in [1.54, 1.807) is 16.8 Å². The standard InChI is InChI=1S/C23H26N4O4/c1-16-6-10-19(11-7-16)24-22(29)21-23(30)27(20-12-8-17(2)9-13-20)25-26(21)14-4-5-15-31-18(3)28/h6-13H,4-5,14-15H2,1-3H3,(H-,24,25,29,30)/p+1. The summed E-state index contributed by atoms with van der Waals surface area (Å²) in [4.78, 5) is 37.0. The van der Waals surface area contributed by atoms with E-state index in [0.29, 0.717) is 37.4 Å². The molecule has 8 nitrogen and oxygen atoms in total. The molecule has 0 radical (unpaired) electrons. The number of benzene rings is 2. The Labute approximate surface area is 180 Å². The number of ether oxygens (including phenoxy) is 1. The molecule has 31 heavy (non-hydrogen) atoms. The second-order valence-corrected chi connectivity index (χ2v) is 7.44. The molecule has 3 aromatic rings. The van der Waals surface area contributed by atoms with Crippen LogP contribution >= 0.6 is 0 Å². The maximum Gasteiger partial charge on any atom is 0.411 e. The zero-order valence-electron chi connectivity index (χ0n) is 18.0.